The van der Waals surface area contributed by atoms with Gasteiger partial charge in [-0.3, -0.25) is 4.79 Å². The summed E-state index contributed by atoms with van der Waals surface area (Å²) in [5.41, 5.74) is 5.14. The number of fused-ring (bicyclic) bond motifs is 1. The van der Waals surface area contributed by atoms with Crippen LogP contribution in [0.4, 0.5) is 0 Å². The first-order valence-corrected chi connectivity index (χ1v) is 13.6. The zero-order valence-corrected chi connectivity index (χ0v) is 22.4. The van der Waals surface area contributed by atoms with E-state index in [1.807, 2.05) is 37.3 Å². The molecule has 2 atom stereocenters. The van der Waals surface area contributed by atoms with Gasteiger partial charge in [-0.1, -0.05) is 55.1 Å². The number of ether oxygens (including phenoxy) is 2. The van der Waals surface area contributed by atoms with Crippen LogP contribution in [0.5, 0.6) is 11.5 Å². The highest BCUT2D eigenvalue weighted by atomic mass is 32.2. The first kappa shape index (κ1) is 26.6. The Morgan fingerprint density at radius 2 is 1.95 bits per heavy atom. The van der Waals surface area contributed by atoms with Crippen LogP contribution in [0.15, 0.2) is 59.6 Å². The second kappa shape index (κ2) is 12.6. The van der Waals surface area contributed by atoms with E-state index < -0.39 is 0 Å². The first-order chi connectivity index (χ1) is 18.1. The Balaban J connectivity index is 1.39. The predicted octanol–water partition coefficient (Wildman–Crippen LogP) is 5.47. The number of thioether (sulfide) groups is 1. The van der Waals surface area contributed by atoms with Crippen LogP contribution in [-0.4, -0.2) is 36.9 Å². The third-order valence-electron chi connectivity index (χ3n) is 6.82. The number of carbonyl (C=O) groups is 1. The van der Waals surface area contributed by atoms with E-state index in [1.165, 1.54) is 17.3 Å². The fourth-order valence-electron chi connectivity index (χ4n) is 4.76. The number of carbonyl (C=O) groups excluding carboxylic acids is 1. The summed E-state index contributed by atoms with van der Waals surface area (Å²) in [6, 6.07) is 20.6. The smallest absolute Gasteiger partial charge is 0.233 e. The van der Waals surface area contributed by atoms with Crippen LogP contribution in [-0.2, 0) is 24.1 Å². The fourth-order valence-corrected chi connectivity index (χ4v) is 5.78. The molecule has 0 saturated heterocycles. The van der Waals surface area contributed by atoms with Crippen LogP contribution in [0.25, 0.3) is 0 Å². The molecule has 0 spiro atoms. The Bertz CT molecular complexity index is 1270. The van der Waals surface area contributed by atoms with E-state index in [1.54, 1.807) is 14.2 Å². The Kier molecular flexibility index (Phi) is 9.08. The summed E-state index contributed by atoms with van der Waals surface area (Å²) in [6.07, 6.45) is 4.12. The number of hydrogen-bond donors (Lipinski definition) is 1. The first-order valence-electron chi connectivity index (χ1n) is 12.7. The van der Waals surface area contributed by atoms with Crippen molar-refractivity contribution < 1.29 is 14.3 Å². The molecule has 2 aromatic carbocycles. The van der Waals surface area contributed by atoms with Gasteiger partial charge in [-0.2, -0.15) is 5.26 Å². The lowest BCUT2D eigenvalue weighted by atomic mass is 9.82. The van der Waals surface area contributed by atoms with Crippen molar-refractivity contribution in [3.05, 3.63) is 82.5 Å². The van der Waals surface area contributed by atoms with Crippen LogP contribution in [0.2, 0.25) is 0 Å². The number of aromatic nitrogens is 1. The van der Waals surface area contributed by atoms with Gasteiger partial charge in [0.1, 0.15) is 11.1 Å². The Morgan fingerprint density at radius 1 is 1.16 bits per heavy atom. The maximum absolute atomic E-state index is 13.0. The van der Waals surface area contributed by atoms with Crippen LogP contribution in [0.1, 0.15) is 53.6 Å². The number of hydrogen-bond acceptors (Lipinski definition) is 6. The zero-order chi connectivity index (χ0) is 26.2. The molecule has 3 aromatic rings. The number of nitriles is 1. The fraction of sp³-hybridized carbons (Fsp3) is 0.367. The van der Waals surface area contributed by atoms with Crippen molar-refractivity contribution in [2.24, 2.45) is 0 Å². The van der Waals surface area contributed by atoms with Crippen LogP contribution >= 0.6 is 11.8 Å². The van der Waals surface area contributed by atoms with Crippen molar-refractivity contribution in [1.82, 2.24) is 10.3 Å². The number of rotatable bonds is 10. The van der Waals surface area contributed by atoms with Crippen molar-refractivity contribution >= 4 is 17.7 Å². The molecule has 1 aliphatic carbocycles. The minimum atomic E-state index is -0.316. The van der Waals surface area contributed by atoms with Crippen LogP contribution in [0, 0.1) is 11.3 Å². The molecule has 1 heterocycles. The van der Waals surface area contributed by atoms with E-state index in [2.05, 4.69) is 35.7 Å². The van der Waals surface area contributed by atoms with Gasteiger partial charge in [0, 0.05) is 12.2 Å². The van der Waals surface area contributed by atoms with Crippen molar-refractivity contribution in [3.63, 3.8) is 0 Å². The molecule has 7 heteroatoms. The quantitative estimate of drug-likeness (QED) is 0.360. The normalized spacial score (nSPS) is 15.2. The van der Waals surface area contributed by atoms with Gasteiger partial charge in [0.25, 0.3) is 0 Å². The van der Waals surface area contributed by atoms with E-state index in [-0.39, 0.29) is 11.2 Å². The van der Waals surface area contributed by atoms with Gasteiger partial charge in [0.05, 0.1) is 25.0 Å². The average Bonchev–Trinajstić information content (AvgIpc) is 2.95. The summed E-state index contributed by atoms with van der Waals surface area (Å²) in [6.45, 7) is 2.50. The summed E-state index contributed by atoms with van der Waals surface area (Å²) in [5, 5.41) is 13.2. The monoisotopic (exact) mass is 515 g/mol. The molecular weight excluding hydrogens is 482 g/mol. The molecule has 0 radical (unpaired) electrons. The van der Waals surface area contributed by atoms with Gasteiger partial charge in [0.2, 0.25) is 5.91 Å². The zero-order valence-electron chi connectivity index (χ0n) is 21.6. The molecular formula is C30H33N3O3S. The largest absolute Gasteiger partial charge is 0.493 e. The highest BCUT2D eigenvalue weighted by Gasteiger charge is 2.25. The molecule has 0 fully saturated rings. The van der Waals surface area contributed by atoms with E-state index in [9.17, 15) is 10.1 Å². The lowest BCUT2D eigenvalue weighted by molar-refractivity contribution is -0.120. The number of pyridine rings is 1. The predicted molar refractivity (Wildman–Crippen MR) is 146 cm³/mol. The minimum absolute atomic E-state index is 0.0412. The second-order valence-electron chi connectivity index (χ2n) is 9.15. The molecule has 0 aliphatic heterocycles. The Labute approximate surface area is 223 Å². The number of methoxy groups -OCH3 is 2. The summed E-state index contributed by atoms with van der Waals surface area (Å²) in [5.74, 6) is 1.76. The second-order valence-corrected chi connectivity index (χ2v) is 10.3. The molecule has 0 bridgehead atoms. The third kappa shape index (κ3) is 6.44. The maximum Gasteiger partial charge on any atom is 0.233 e. The number of benzene rings is 2. The molecule has 1 amide bonds. The lowest BCUT2D eigenvalue weighted by Gasteiger charge is -2.25. The summed E-state index contributed by atoms with van der Waals surface area (Å²) < 4.78 is 10.7. The standard InChI is InChI=1S/C30H33N3O3S/c1-4-28(29(34)32-15-14-20-10-13-26(35-2)27(16-20)36-3)37-30-24(19-31)18-23-17-22(11-12-25(23)33-30)21-8-6-5-7-9-21/h5-10,13,16,18,22,28H,4,11-12,14-15,17H2,1-3H3,(H,32,34). The van der Waals surface area contributed by atoms with Gasteiger partial charge >= 0.3 is 0 Å². The van der Waals surface area contributed by atoms with Crippen LogP contribution < -0.4 is 14.8 Å². The minimum Gasteiger partial charge on any atom is -0.493 e. The molecule has 2 unspecified atom stereocenters. The highest BCUT2D eigenvalue weighted by molar-refractivity contribution is 8.00. The Hall–Kier alpha value is -3.50. The lowest BCUT2D eigenvalue weighted by Crippen LogP contribution is -2.34. The molecule has 1 aliphatic rings. The average molecular weight is 516 g/mol. The van der Waals surface area contributed by atoms with Crippen molar-refractivity contribution in [2.75, 3.05) is 20.8 Å². The Morgan fingerprint density at radius 3 is 2.65 bits per heavy atom. The van der Waals surface area contributed by atoms with E-state index in [0.717, 1.165) is 36.1 Å². The van der Waals surface area contributed by atoms with Gasteiger partial charge in [-0.25, -0.2) is 4.98 Å². The molecule has 6 nitrogen and oxygen atoms in total. The number of nitrogens with one attached hydrogen (secondary N) is 1. The number of amides is 1. The number of nitrogens with zero attached hydrogens (tertiary/aromatic N) is 2. The molecule has 1 N–H and O–H groups in total. The van der Waals surface area contributed by atoms with Crippen LogP contribution in [0.3, 0.4) is 0 Å². The maximum atomic E-state index is 13.0. The molecule has 0 saturated carbocycles. The van der Waals surface area contributed by atoms with E-state index in [4.69, 9.17) is 14.5 Å². The highest BCUT2D eigenvalue weighted by Crippen LogP contribution is 2.35. The van der Waals surface area contributed by atoms with Gasteiger partial charge in [-0.05, 0) is 72.9 Å². The van der Waals surface area contributed by atoms with Gasteiger partial charge in [0.15, 0.2) is 11.5 Å². The summed E-state index contributed by atoms with van der Waals surface area (Å²) in [7, 11) is 3.22. The summed E-state index contributed by atoms with van der Waals surface area (Å²) in [4.78, 5) is 17.9. The third-order valence-corrected chi connectivity index (χ3v) is 8.19. The van der Waals surface area contributed by atoms with E-state index >= 15 is 0 Å². The topological polar surface area (TPSA) is 84.2 Å². The number of aryl methyl sites for hydroxylation is 1. The molecule has 192 valence electrons. The summed E-state index contributed by atoms with van der Waals surface area (Å²) >= 11 is 1.39. The SMILES string of the molecule is CCC(Sc1nc2c(cc1C#N)CC(c1ccccc1)CC2)C(=O)NCCc1ccc(OC)c(OC)c1. The molecule has 37 heavy (non-hydrogen) atoms. The molecule has 1 aromatic heterocycles. The van der Waals surface area contributed by atoms with E-state index in [0.29, 0.717) is 47.4 Å². The van der Waals surface area contributed by atoms with Gasteiger partial charge in [-0.15, -0.1) is 0 Å². The van der Waals surface area contributed by atoms with Gasteiger partial charge < -0.3 is 14.8 Å². The van der Waals surface area contributed by atoms with Crippen molar-refractivity contribution in [2.45, 2.75) is 55.2 Å². The van der Waals surface area contributed by atoms with Crippen molar-refractivity contribution in [3.8, 4) is 17.6 Å². The molecule has 4 rings (SSSR count). The van der Waals surface area contributed by atoms with Crippen molar-refractivity contribution in [1.29, 1.82) is 5.26 Å².